The molecule has 0 aliphatic heterocycles. The topological polar surface area (TPSA) is 143 Å². The van der Waals surface area contributed by atoms with Gasteiger partial charge in [-0.2, -0.15) is 0 Å². The fraction of sp³-hybridized carbons (Fsp3) is 0.594. The van der Waals surface area contributed by atoms with Crippen LogP contribution in [0, 0.1) is 5.92 Å². The van der Waals surface area contributed by atoms with Gasteiger partial charge in [-0.05, 0) is 50.3 Å². The van der Waals surface area contributed by atoms with Gasteiger partial charge in [0.25, 0.3) is 0 Å². The second-order valence-corrected chi connectivity index (χ2v) is 10.4. The number of rotatable bonds is 23. The van der Waals surface area contributed by atoms with E-state index in [1.165, 1.54) is 0 Å². The summed E-state index contributed by atoms with van der Waals surface area (Å²) in [6, 6.07) is 6.92. The molecule has 10 heteroatoms. The van der Waals surface area contributed by atoms with E-state index in [2.05, 4.69) is 28.2 Å². The third-order valence-corrected chi connectivity index (χ3v) is 6.71. The highest BCUT2D eigenvalue weighted by molar-refractivity contribution is 6.03. The summed E-state index contributed by atoms with van der Waals surface area (Å²) in [5.41, 5.74) is 2.15. The van der Waals surface area contributed by atoms with Gasteiger partial charge in [0, 0.05) is 69.4 Å². The average Bonchev–Trinajstić information content (AvgIpc) is 2.96. The van der Waals surface area contributed by atoms with E-state index in [1.807, 2.05) is 13.8 Å². The molecule has 0 spiro atoms. The summed E-state index contributed by atoms with van der Waals surface area (Å²) >= 11 is 0. The van der Waals surface area contributed by atoms with Gasteiger partial charge in [-0.25, -0.2) is 0 Å². The van der Waals surface area contributed by atoms with Gasteiger partial charge in [-0.3, -0.25) is 24.0 Å². The minimum absolute atomic E-state index is 0.0208. The number of Topliss-reactive ketones (excluding diaryl/α,β-unsaturated/α-hetero) is 1. The van der Waals surface area contributed by atoms with Crippen molar-refractivity contribution in [2.45, 2.75) is 85.0 Å². The maximum Gasteiger partial charge on any atom is 0.233 e. The lowest BCUT2D eigenvalue weighted by atomic mass is 9.91. The number of hydrogen-bond acceptors (Lipinski definition) is 7. The Morgan fingerprint density at radius 2 is 1.57 bits per heavy atom. The van der Waals surface area contributed by atoms with Gasteiger partial charge in [0.05, 0.1) is 6.61 Å². The molecule has 42 heavy (non-hydrogen) atoms. The molecule has 1 rings (SSSR count). The maximum atomic E-state index is 12.2. The van der Waals surface area contributed by atoms with E-state index in [4.69, 9.17) is 4.74 Å². The SMILES string of the molecule is CCCC(CCCCNC(=O)CCCOCCNC(=O)CC(=O)Nc1ccc(CC(=O)/C=C(/C)NC)cc1)C(=O)CC. The van der Waals surface area contributed by atoms with Gasteiger partial charge in [0.15, 0.2) is 5.78 Å². The Morgan fingerprint density at radius 1 is 0.857 bits per heavy atom. The Balaban J connectivity index is 2.10. The van der Waals surface area contributed by atoms with Crippen LogP contribution in [0.4, 0.5) is 5.69 Å². The summed E-state index contributed by atoms with van der Waals surface area (Å²) in [6.45, 7) is 7.38. The normalized spacial score (nSPS) is 11.9. The van der Waals surface area contributed by atoms with Gasteiger partial charge in [0.1, 0.15) is 12.2 Å². The zero-order valence-corrected chi connectivity index (χ0v) is 25.8. The number of ether oxygens (including phenoxy) is 1. The molecule has 10 nitrogen and oxygen atoms in total. The predicted octanol–water partition coefficient (Wildman–Crippen LogP) is 3.84. The summed E-state index contributed by atoms with van der Waals surface area (Å²) in [7, 11) is 1.75. The number of benzene rings is 1. The predicted molar refractivity (Wildman–Crippen MR) is 165 cm³/mol. The van der Waals surface area contributed by atoms with Gasteiger partial charge in [-0.15, -0.1) is 0 Å². The number of carbonyl (C=O) groups is 5. The molecular formula is C32H50N4O6. The van der Waals surface area contributed by atoms with Crippen molar-refractivity contribution in [2.24, 2.45) is 5.92 Å². The first-order chi connectivity index (χ1) is 20.2. The molecule has 1 atom stereocenters. The highest BCUT2D eigenvalue weighted by atomic mass is 16.5. The van der Waals surface area contributed by atoms with Crippen LogP contribution in [-0.2, 0) is 35.1 Å². The molecule has 1 aromatic rings. The van der Waals surface area contributed by atoms with Gasteiger partial charge < -0.3 is 26.0 Å². The Labute approximate surface area is 250 Å². The van der Waals surface area contributed by atoms with Crippen LogP contribution >= 0.6 is 0 Å². The number of allylic oxidation sites excluding steroid dienone is 2. The van der Waals surface area contributed by atoms with Crippen LogP contribution in [0.3, 0.4) is 0 Å². The van der Waals surface area contributed by atoms with Crippen molar-refractivity contribution in [3.05, 3.63) is 41.6 Å². The van der Waals surface area contributed by atoms with Crippen LogP contribution in [0.5, 0.6) is 0 Å². The first-order valence-electron chi connectivity index (χ1n) is 15.1. The molecule has 234 valence electrons. The van der Waals surface area contributed by atoms with Gasteiger partial charge in [0.2, 0.25) is 17.7 Å². The zero-order valence-electron chi connectivity index (χ0n) is 25.8. The quantitative estimate of drug-likeness (QED) is 0.0867. The molecule has 4 N–H and O–H groups in total. The summed E-state index contributed by atoms with van der Waals surface area (Å²) in [5.74, 6) is -0.407. The van der Waals surface area contributed by atoms with E-state index in [0.717, 1.165) is 43.4 Å². The van der Waals surface area contributed by atoms with Crippen LogP contribution in [0.2, 0.25) is 0 Å². The molecule has 0 saturated carbocycles. The lowest BCUT2D eigenvalue weighted by Crippen LogP contribution is -2.31. The molecule has 0 aromatic heterocycles. The Bertz CT molecular complexity index is 1020. The Morgan fingerprint density at radius 3 is 2.24 bits per heavy atom. The van der Waals surface area contributed by atoms with Gasteiger partial charge >= 0.3 is 0 Å². The minimum atomic E-state index is -0.439. The number of anilines is 1. The molecule has 3 amide bonds. The smallest absolute Gasteiger partial charge is 0.233 e. The minimum Gasteiger partial charge on any atom is -0.392 e. The lowest BCUT2D eigenvalue weighted by Gasteiger charge is -2.14. The fourth-order valence-electron chi connectivity index (χ4n) is 4.32. The average molecular weight is 587 g/mol. The number of unbranched alkanes of at least 4 members (excludes halogenated alkanes) is 1. The molecule has 0 saturated heterocycles. The van der Waals surface area contributed by atoms with Crippen molar-refractivity contribution in [1.29, 1.82) is 0 Å². The molecule has 0 aliphatic rings. The van der Waals surface area contributed by atoms with Crippen LogP contribution < -0.4 is 21.3 Å². The molecule has 0 radical (unpaired) electrons. The molecule has 1 unspecified atom stereocenters. The van der Waals surface area contributed by atoms with Crippen LogP contribution in [-0.4, -0.2) is 62.6 Å². The summed E-state index contributed by atoms with van der Waals surface area (Å²) in [6.07, 6.45) is 7.65. The highest BCUT2D eigenvalue weighted by Crippen LogP contribution is 2.17. The van der Waals surface area contributed by atoms with Crippen molar-refractivity contribution in [3.8, 4) is 0 Å². The van der Waals surface area contributed by atoms with E-state index in [-0.39, 0.29) is 43.6 Å². The number of amides is 3. The molecule has 0 fully saturated rings. The number of hydrogen-bond donors (Lipinski definition) is 4. The van der Waals surface area contributed by atoms with E-state index in [0.29, 0.717) is 43.9 Å². The van der Waals surface area contributed by atoms with Crippen molar-refractivity contribution in [3.63, 3.8) is 0 Å². The third kappa shape index (κ3) is 17.3. The van der Waals surface area contributed by atoms with Crippen LogP contribution in [0.15, 0.2) is 36.0 Å². The fourth-order valence-corrected chi connectivity index (χ4v) is 4.32. The Kier molecular flexibility index (Phi) is 19.2. The first-order valence-corrected chi connectivity index (χ1v) is 15.1. The van der Waals surface area contributed by atoms with E-state index in [9.17, 15) is 24.0 Å². The van der Waals surface area contributed by atoms with E-state index in [1.54, 1.807) is 37.4 Å². The van der Waals surface area contributed by atoms with Crippen LogP contribution in [0.1, 0.15) is 84.1 Å². The third-order valence-electron chi connectivity index (χ3n) is 6.71. The molecule has 0 heterocycles. The number of ketones is 2. The lowest BCUT2D eigenvalue weighted by molar-refractivity contribution is -0.127. The van der Waals surface area contributed by atoms with Crippen molar-refractivity contribution >= 4 is 35.0 Å². The highest BCUT2D eigenvalue weighted by Gasteiger charge is 2.15. The summed E-state index contributed by atoms with van der Waals surface area (Å²) < 4.78 is 5.47. The van der Waals surface area contributed by atoms with Gasteiger partial charge in [-0.1, -0.05) is 38.8 Å². The first kappa shape index (κ1) is 36.5. The molecular weight excluding hydrogens is 536 g/mol. The number of nitrogens with one attached hydrogen (secondary N) is 4. The van der Waals surface area contributed by atoms with Crippen molar-refractivity contribution in [2.75, 3.05) is 38.7 Å². The zero-order chi connectivity index (χ0) is 31.2. The van der Waals surface area contributed by atoms with Crippen molar-refractivity contribution < 1.29 is 28.7 Å². The molecule has 0 aliphatic carbocycles. The number of carbonyl (C=O) groups excluding carboxylic acids is 5. The molecule has 1 aromatic carbocycles. The second kappa shape index (κ2) is 22.1. The van der Waals surface area contributed by atoms with E-state index < -0.39 is 11.8 Å². The summed E-state index contributed by atoms with van der Waals surface area (Å²) in [4.78, 5) is 60.1. The standard InChI is InChI=1S/C32H50N4O6/c1-5-10-26(29(38)6-2)11-7-8-17-34-30(39)12-9-19-42-20-18-35-31(40)23-32(41)36-27-15-13-25(14-16-27)22-28(37)21-24(3)33-4/h13-16,21,26,33H,5-12,17-20,22-23H2,1-4H3,(H,34,39)(H,35,40)(H,36,41)/b24-21-. The largest absolute Gasteiger partial charge is 0.392 e. The van der Waals surface area contributed by atoms with E-state index >= 15 is 0 Å². The van der Waals surface area contributed by atoms with Crippen molar-refractivity contribution in [1.82, 2.24) is 16.0 Å². The Hall–Kier alpha value is -3.53. The van der Waals surface area contributed by atoms with Crippen LogP contribution in [0.25, 0.3) is 0 Å². The summed E-state index contributed by atoms with van der Waals surface area (Å²) in [5, 5.41) is 11.1. The second-order valence-electron chi connectivity index (χ2n) is 10.4. The monoisotopic (exact) mass is 586 g/mol. The maximum absolute atomic E-state index is 12.2. The molecule has 0 bridgehead atoms.